The van der Waals surface area contributed by atoms with E-state index in [2.05, 4.69) is 19.6 Å². The number of aromatic nitrogens is 2. The number of anilines is 2. The average molecular weight is 414 g/mol. The zero-order chi connectivity index (χ0) is 20.2. The summed E-state index contributed by atoms with van der Waals surface area (Å²) in [5.41, 5.74) is 1.54. The summed E-state index contributed by atoms with van der Waals surface area (Å²) in [6, 6.07) is 12.1. The second kappa shape index (κ2) is 8.65. The van der Waals surface area contributed by atoms with Crippen LogP contribution in [0.2, 0.25) is 0 Å². The number of rotatable bonds is 5. The van der Waals surface area contributed by atoms with Crippen LogP contribution >= 0.6 is 11.5 Å². The number of hydrogen-bond donors (Lipinski definition) is 1. The molecule has 5 nitrogen and oxygen atoms in total. The third-order valence-electron chi connectivity index (χ3n) is 4.91. The van der Waals surface area contributed by atoms with E-state index in [4.69, 9.17) is 0 Å². The molecule has 0 saturated carbocycles. The zero-order valence-corrected chi connectivity index (χ0v) is 16.5. The normalized spacial score (nSPS) is 16.6. The molecule has 1 saturated heterocycles. The molecule has 150 valence electrons. The van der Waals surface area contributed by atoms with Crippen LogP contribution in [0, 0.1) is 17.6 Å². The molecule has 4 rings (SSSR count). The number of hydrogen-bond acceptors (Lipinski definition) is 5. The first-order valence-corrected chi connectivity index (χ1v) is 10.2. The van der Waals surface area contributed by atoms with Crippen molar-refractivity contribution in [2.75, 3.05) is 23.3 Å². The molecule has 1 N–H and O–H groups in total. The van der Waals surface area contributed by atoms with Gasteiger partial charge in [0.2, 0.25) is 11.0 Å². The van der Waals surface area contributed by atoms with Crippen LogP contribution in [0.5, 0.6) is 0 Å². The molecular formula is C21H20F2N4OS. The zero-order valence-electron chi connectivity index (χ0n) is 15.6. The molecule has 0 spiro atoms. The maximum atomic E-state index is 13.0. The highest BCUT2D eigenvalue weighted by atomic mass is 32.1. The van der Waals surface area contributed by atoms with Gasteiger partial charge in [0.15, 0.2) is 0 Å². The predicted molar refractivity (Wildman–Crippen MR) is 109 cm³/mol. The summed E-state index contributed by atoms with van der Waals surface area (Å²) in [5.74, 6) is -0.149. The molecule has 8 heteroatoms. The van der Waals surface area contributed by atoms with E-state index in [1.807, 2.05) is 0 Å². The maximum Gasteiger partial charge on any atom is 0.229 e. The van der Waals surface area contributed by atoms with E-state index in [-0.39, 0.29) is 23.5 Å². The Labute approximate surface area is 171 Å². The molecule has 1 aliphatic rings. The quantitative estimate of drug-likeness (QED) is 0.678. The van der Waals surface area contributed by atoms with E-state index in [1.165, 1.54) is 35.8 Å². The van der Waals surface area contributed by atoms with Gasteiger partial charge in [-0.2, -0.15) is 4.37 Å². The summed E-state index contributed by atoms with van der Waals surface area (Å²) in [7, 11) is 0. The van der Waals surface area contributed by atoms with Crippen LogP contribution in [0.15, 0.2) is 48.5 Å². The van der Waals surface area contributed by atoms with Crippen molar-refractivity contribution in [2.45, 2.75) is 19.3 Å². The van der Waals surface area contributed by atoms with Crippen molar-refractivity contribution in [3.63, 3.8) is 0 Å². The van der Waals surface area contributed by atoms with Gasteiger partial charge in [0.25, 0.3) is 0 Å². The fraction of sp³-hybridized carbons (Fsp3) is 0.286. The van der Waals surface area contributed by atoms with Crippen LogP contribution in [0.4, 0.5) is 19.6 Å². The van der Waals surface area contributed by atoms with Gasteiger partial charge in [-0.15, -0.1) is 0 Å². The minimum atomic E-state index is -0.334. The van der Waals surface area contributed by atoms with Gasteiger partial charge in [0, 0.05) is 36.7 Å². The summed E-state index contributed by atoms with van der Waals surface area (Å²) < 4.78 is 30.5. The molecule has 1 unspecified atom stereocenters. The van der Waals surface area contributed by atoms with Crippen LogP contribution in [-0.2, 0) is 11.2 Å². The third-order valence-corrected chi connectivity index (χ3v) is 5.72. The second-order valence-electron chi connectivity index (χ2n) is 7.08. The van der Waals surface area contributed by atoms with Gasteiger partial charge in [0.05, 0.1) is 5.92 Å². The number of carbonyl (C=O) groups excluding carboxylic acids is 1. The van der Waals surface area contributed by atoms with Crippen molar-refractivity contribution in [1.82, 2.24) is 9.36 Å². The monoisotopic (exact) mass is 414 g/mol. The highest BCUT2D eigenvalue weighted by molar-refractivity contribution is 7.09. The van der Waals surface area contributed by atoms with E-state index < -0.39 is 0 Å². The summed E-state index contributed by atoms with van der Waals surface area (Å²) >= 11 is 1.32. The van der Waals surface area contributed by atoms with Crippen LogP contribution < -0.4 is 10.2 Å². The minimum absolute atomic E-state index is 0.0719. The van der Waals surface area contributed by atoms with Crippen LogP contribution in [-0.4, -0.2) is 28.4 Å². The van der Waals surface area contributed by atoms with Crippen molar-refractivity contribution in [3.8, 4) is 0 Å². The average Bonchev–Trinajstić information content (AvgIpc) is 3.20. The van der Waals surface area contributed by atoms with Crippen molar-refractivity contribution in [3.05, 3.63) is 71.6 Å². The Morgan fingerprint density at radius 2 is 1.79 bits per heavy atom. The molecule has 0 bridgehead atoms. The lowest BCUT2D eigenvalue weighted by Gasteiger charge is -2.31. The molecule has 0 radical (unpaired) electrons. The molecule has 29 heavy (non-hydrogen) atoms. The van der Waals surface area contributed by atoms with Gasteiger partial charge < -0.3 is 10.2 Å². The molecular weight excluding hydrogens is 394 g/mol. The highest BCUT2D eigenvalue weighted by Gasteiger charge is 2.27. The molecule has 2 heterocycles. The van der Waals surface area contributed by atoms with Crippen molar-refractivity contribution >= 4 is 28.3 Å². The number of amides is 1. The molecule has 3 aromatic rings. The molecule has 1 fully saturated rings. The van der Waals surface area contributed by atoms with Crippen molar-refractivity contribution in [2.24, 2.45) is 5.92 Å². The first kappa shape index (κ1) is 19.4. The lowest BCUT2D eigenvalue weighted by molar-refractivity contribution is -0.120. The van der Waals surface area contributed by atoms with Crippen molar-refractivity contribution < 1.29 is 13.6 Å². The lowest BCUT2D eigenvalue weighted by Crippen LogP contribution is -2.40. The lowest BCUT2D eigenvalue weighted by atomic mass is 9.97. The Kier molecular flexibility index (Phi) is 5.80. The Morgan fingerprint density at radius 3 is 2.52 bits per heavy atom. The number of nitrogens with one attached hydrogen (secondary N) is 1. The van der Waals surface area contributed by atoms with Crippen molar-refractivity contribution in [1.29, 1.82) is 0 Å². The van der Waals surface area contributed by atoms with E-state index >= 15 is 0 Å². The first-order chi connectivity index (χ1) is 14.1. The molecule has 1 amide bonds. The van der Waals surface area contributed by atoms with Gasteiger partial charge in [-0.05, 0) is 54.8 Å². The number of carbonyl (C=O) groups is 1. The van der Waals surface area contributed by atoms with E-state index in [9.17, 15) is 13.6 Å². The van der Waals surface area contributed by atoms with E-state index in [0.717, 1.165) is 30.1 Å². The van der Waals surface area contributed by atoms with Gasteiger partial charge in [0.1, 0.15) is 17.5 Å². The molecule has 1 atom stereocenters. The molecule has 1 aliphatic heterocycles. The predicted octanol–water partition coefficient (Wildman–Crippen LogP) is 4.26. The van der Waals surface area contributed by atoms with Gasteiger partial charge >= 0.3 is 0 Å². The number of benzene rings is 2. The summed E-state index contributed by atoms with van der Waals surface area (Å²) in [6.45, 7) is 1.39. The minimum Gasteiger partial charge on any atom is -0.346 e. The van der Waals surface area contributed by atoms with Gasteiger partial charge in [-0.25, -0.2) is 13.8 Å². The Bertz CT molecular complexity index is 975. The summed E-state index contributed by atoms with van der Waals surface area (Å²) in [4.78, 5) is 19.3. The van der Waals surface area contributed by atoms with Gasteiger partial charge in [-0.3, -0.25) is 4.79 Å². The second-order valence-corrected chi connectivity index (χ2v) is 7.81. The van der Waals surface area contributed by atoms with Crippen LogP contribution in [0.25, 0.3) is 0 Å². The van der Waals surface area contributed by atoms with E-state index in [1.54, 1.807) is 24.3 Å². The number of nitrogens with zero attached hydrogens (tertiary/aromatic N) is 3. The SMILES string of the molecule is O=C(Nc1ccc(F)cc1)C1CCCN(c2nc(Cc3ccc(F)cc3)ns2)C1. The van der Waals surface area contributed by atoms with Crippen LogP contribution in [0.1, 0.15) is 24.2 Å². The summed E-state index contributed by atoms with van der Waals surface area (Å²) in [6.07, 6.45) is 2.22. The molecule has 0 aliphatic carbocycles. The largest absolute Gasteiger partial charge is 0.346 e. The van der Waals surface area contributed by atoms with Gasteiger partial charge in [-0.1, -0.05) is 12.1 Å². The third kappa shape index (κ3) is 4.95. The Morgan fingerprint density at radius 1 is 1.10 bits per heavy atom. The topological polar surface area (TPSA) is 58.1 Å². The Hall–Kier alpha value is -2.87. The standard InChI is InChI=1S/C21H20F2N4OS/c22-16-5-3-14(4-6-16)12-19-25-21(29-26-19)27-11-1-2-15(13-27)20(28)24-18-9-7-17(23)8-10-18/h3-10,15H,1-2,11-13H2,(H,24,28). The Balaban J connectivity index is 1.38. The summed E-state index contributed by atoms with van der Waals surface area (Å²) in [5, 5.41) is 3.65. The number of halogens is 2. The first-order valence-electron chi connectivity index (χ1n) is 9.45. The molecule has 1 aromatic heterocycles. The number of piperidine rings is 1. The smallest absolute Gasteiger partial charge is 0.229 e. The maximum absolute atomic E-state index is 13.0. The van der Waals surface area contributed by atoms with Crippen LogP contribution in [0.3, 0.4) is 0 Å². The molecule has 2 aromatic carbocycles. The highest BCUT2D eigenvalue weighted by Crippen LogP contribution is 2.26. The fourth-order valence-electron chi connectivity index (χ4n) is 3.37. The van der Waals surface area contributed by atoms with E-state index in [0.29, 0.717) is 24.5 Å². The fourth-order valence-corrected chi connectivity index (χ4v) is 4.09.